The maximum absolute atomic E-state index is 11.8. The van der Waals surface area contributed by atoms with Crippen LogP contribution in [0.15, 0.2) is 9.95 Å². The van der Waals surface area contributed by atoms with Crippen LogP contribution in [0.1, 0.15) is 27.2 Å². The molecular weight excluding hydrogens is 280 g/mol. The van der Waals surface area contributed by atoms with Crippen molar-refractivity contribution < 1.29 is 9.53 Å². The average molecular weight is 302 g/mol. The molecule has 2 N–H and O–H groups in total. The molecule has 0 saturated heterocycles. The zero-order valence-electron chi connectivity index (χ0n) is 12.4. The number of H-pyrrole nitrogens is 1. The van der Waals surface area contributed by atoms with Crippen molar-refractivity contribution in [2.24, 2.45) is 0 Å². The normalized spacial score (nSPS) is 14.0. The molecule has 8 heteroatoms. The van der Waals surface area contributed by atoms with E-state index in [-0.39, 0.29) is 11.7 Å². The minimum atomic E-state index is -0.718. The molecule has 1 aromatic rings. The van der Waals surface area contributed by atoms with Crippen molar-refractivity contribution in [3.8, 4) is 0 Å². The summed E-state index contributed by atoms with van der Waals surface area (Å²) in [6.45, 7) is 6.90. The molecule has 1 rings (SSSR count). The van der Waals surface area contributed by atoms with E-state index in [2.05, 4.69) is 15.5 Å². The van der Waals surface area contributed by atoms with Crippen molar-refractivity contribution in [2.75, 3.05) is 19.4 Å². The van der Waals surface area contributed by atoms with Crippen LogP contribution in [0.2, 0.25) is 0 Å². The van der Waals surface area contributed by atoms with Gasteiger partial charge >= 0.3 is 11.7 Å². The molecule has 0 saturated carbocycles. The molecular formula is C12H22N4O3S. The number of nitrogens with one attached hydrogen (secondary N) is 2. The van der Waals surface area contributed by atoms with E-state index < -0.39 is 5.54 Å². The van der Waals surface area contributed by atoms with Gasteiger partial charge in [-0.1, -0.05) is 18.7 Å². The van der Waals surface area contributed by atoms with Crippen LogP contribution in [0.4, 0.5) is 0 Å². The third kappa shape index (κ3) is 3.86. The van der Waals surface area contributed by atoms with Crippen LogP contribution in [0.3, 0.4) is 0 Å². The van der Waals surface area contributed by atoms with E-state index in [1.807, 2.05) is 20.8 Å². The number of aromatic amines is 1. The molecule has 0 fully saturated rings. The predicted octanol–water partition coefficient (Wildman–Crippen LogP) is 0.615. The van der Waals surface area contributed by atoms with Crippen LogP contribution in [-0.2, 0) is 16.1 Å². The lowest BCUT2D eigenvalue weighted by atomic mass is 9.99. The van der Waals surface area contributed by atoms with Gasteiger partial charge in [0.05, 0.1) is 7.11 Å². The van der Waals surface area contributed by atoms with Gasteiger partial charge < -0.3 is 10.1 Å². The standard InChI is InChI=1S/C12H22N4O3S/c1-5-13-12(3,9(17)19-4)7-8-20-11-15-14-10(18)16(11)6-2/h13H,5-8H2,1-4H3,(H,14,18). The lowest BCUT2D eigenvalue weighted by molar-refractivity contribution is -0.147. The molecule has 1 heterocycles. The number of carbonyl (C=O) groups is 1. The topological polar surface area (TPSA) is 89.0 Å². The number of nitrogens with zero attached hydrogens (tertiary/aromatic N) is 2. The molecule has 0 amide bonds. The molecule has 1 atom stereocenters. The SMILES string of the molecule is CCNC(C)(CCSc1n[nH]c(=O)n1CC)C(=O)OC. The Morgan fingerprint density at radius 1 is 1.55 bits per heavy atom. The van der Waals surface area contributed by atoms with Gasteiger partial charge in [0.15, 0.2) is 5.16 Å². The first kappa shape index (κ1) is 16.8. The lowest BCUT2D eigenvalue weighted by Crippen LogP contribution is -2.50. The molecule has 0 radical (unpaired) electrons. The fourth-order valence-electron chi connectivity index (χ4n) is 1.92. The number of aromatic nitrogens is 3. The monoisotopic (exact) mass is 302 g/mol. The summed E-state index contributed by atoms with van der Waals surface area (Å²) in [5.74, 6) is 0.373. The average Bonchev–Trinajstić information content (AvgIpc) is 2.78. The summed E-state index contributed by atoms with van der Waals surface area (Å²) in [6.07, 6.45) is 0.586. The number of hydrogen-bond acceptors (Lipinski definition) is 6. The van der Waals surface area contributed by atoms with E-state index in [1.54, 1.807) is 4.57 Å². The van der Waals surface area contributed by atoms with Crippen molar-refractivity contribution in [1.29, 1.82) is 0 Å². The molecule has 0 aromatic carbocycles. The van der Waals surface area contributed by atoms with E-state index in [9.17, 15) is 9.59 Å². The van der Waals surface area contributed by atoms with Gasteiger partial charge in [0.1, 0.15) is 5.54 Å². The number of rotatable bonds is 8. The van der Waals surface area contributed by atoms with Crippen molar-refractivity contribution >= 4 is 17.7 Å². The van der Waals surface area contributed by atoms with Gasteiger partial charge in [-0.2, -0.15) is 0 Å². The first-order valence-corrected chi connectivity index (χ1v) is 7.58. The zero-order chi connectivity index (χ0) is 15.2. The Morgan fingerprint density at radius 2 is 2.25 bits per heavy atom. The molecule has 0 aliphatic rings. The highest BCUT2D eigenvalue weighted by molar-refractivity contribution is 7.99. The molecule has 0 bridgehead atoms. The highest BCUT2D eigenvalue weighted by Gasteiger charge is 2.33. The van der Waals surface area contributed by atoms with Crippen LogP contribution in [0.5, 0.6) is 0 Å². The summed E-state index contributed by atoms with van der Waals surface area (Å²) < 4.78 is 6.39. The summed E-state index contributed by atoms with van der Waals surface area (Å²) in [7, 11) is 1.38. The number of carbonyl (C=O) groups excluding carboxylic acids is 1. The molecule has 114 valence electrons. The van der Waals surface area contributed by atoms with Gasteiger partial charge in [0, 0.05) is 12.3 Å². The number of likely N-dealkylation sites (N-methyl/N-ethyl adjacent to an activating group) is 1. The number of esters is 1. The Hall–Kier alpha value is -1.28. The molecule has 7 nitrogen and oxygen atoms in total. The molecule has 1 unspecified atom stereocenters. The number of hydrogen-bond donors (Lipinski definition) is 2. The Kier molecular flexibility index (Phi) is 6.28. The Balaban J connectivity index is 2.65. The quantitative estimate of drug-likeness (QED) is 0.540. The van der Waals surface area contributed by atoms with Crippen molar-refractivity contribution in [2.45, 2.75) is 44.4 Å². The van der Waals surface area contributed by atoms with Gasteiger partial charge in [0.25, 0.3) is 0 Å². The maximum Gasteiger partial charge on any atom is 0.343 e. The second-order valence-electron chi connectivity index (χ2n) is 4.51. The zero-order valence-corrected chi connectivity index (χ0v) is 13.2. The summed E-state index contributed by atoms with van der Waals surface area (Å²) >= 11 is 1.45. The molecule has 0 aliphatic heterocycles. The Bertz CT molecular complexity index is 499. The van der Waals surface area contributed by atoms with Gasteiger partial charge in [-0.05, 0) is 26.8 Å². The van der Waals surface area contributed by atoms with Gasteiger partial charge in [-0.25, -0.2) is 9.89 Å². The second-order valence-corrected chi connectivity index (χ2v) is 5.57. The fourth-order valence-corrected chi connectivity index (χ4v) is 3.09. The minimum Gasteiger partial charge on any atom is -0.468 e. The third-order valence-electron chi connectivity index (χ3n) is 3.08. The van der Waals surface area contributed by atoms with Crippen LogP contribution < -0.4 is 11.0 Å². The molecule has 0 aliphatic carbocycles. The summed E-state index contributed by atoms with van der Waals surface area (Å²) in [4.78, 5) is 23.3. The van der Waals surface area contributed by atoms with Crippen molar-refractivity contribution in [1.82, 2.24) is 20.1 Å². The van der Waals surface area contributed by atoms with Crippen LogP contribution in [0.25, 0.3) is 0 Å². The molecule has 0 spiro atoms. The van der Waals surface area contributed by atoms with E-state index in [0.29, 0.717) is 30.4 Å². The van der Waals surface area contributed by atoms with E-state index in [1.165, 1.54) is 18.9 Å². The van der Waals surface area contributed by atoms with Crippen LogP contribution >= 0.6 is 11.8 Å². The first-order valence-electron chi connectivity index (χ1n) is 6.60. The number of ether oxygens (including phenoxy) is 1. The van der Waals surface area contributed by atoms with Crippen LogP contribution in [-0.4, -0.2) is 45.7 Å². The highest BCUT2D eigenvalue weighted by atomic mass is 32.2. The minimum absolute atomic E-state index is 0.211. The van der Waals surface area contributed by atoms with E-state index in [0.717, 1.165) is 0 Å². The van der Waals surface area contributed by atoms with Crippen LogP contribution in [0, 0.1) is 0 Å². The summed E-state index contributed by atoms with van der Waals surface area (Å²) in [5, 5.41) is 10.2. The summed E-state index contributed by atoms with van der Waals surface area (Å²) in [6, 6.07) is 0. The Labute approximate surface area is 122 Å². The highest BCUT2D eigenvalue weighted by Crippen LogP contribution is 2.20. The molecule has 1 aromatic heterocycles. The molecule has 20 heavy (non-hydrogen) atoms. The van der Waals surface area contributed by atoms with Crippen molar-refractivity contribution in [3.05, 3.63) is 10.5 Å². The van der Waals surface area contributed by atoms with Gasteiger partial charge in [-0.15, -0.1) is 5.10 Å². The summed E-state index contributed by atoms with van der Waals surface area (Å²) in [5.41, 5.74) is -0.929. The van der Waals surface area contributed by atoms with Gasteiger partial charge in [0.2, 0.25) is 0 Å². The number of methoxy groups -OCH3 is 1. The Morgan fingerprint density at radius 3 is 2.80 bits per heavy atom. The second kappa shape index (κ2) is 7.49. The largest absolute Gasteiger partial charge is 0.468 e. The lowest BCUT2D eigenvalue weighted by Gasteiger charge is -2.27. The van der Waals surface area contributed by atoms with Crippen molar-refractivity contribution in [3.63, 3.8) is 0 Å². The predicted molar refractivity (Wildman–Crippen MR) is 78.0 cm³/mol. The third-order valence-corrected chi connectivity index (χ3v) is 4.05. The fraction of sp³-hybridized carbons (Fsp3) is 0.750. The first-order chi connectivity index (χ1) is 9.48. The maximum atomic E-state index is 11.8. The smallest absolute Gasteiger partial charge is 0.343 e. The van der Waals surface area contributed by atoms with E-state index >= 15 is 0 Å². The number of thioether (sulfide) groups is 1. The van der Waals surface area contributed by atoms with E-state index in [4.69, 9.17) is 4.74 Å². The van der Waals surface area contributed by atoms with Gasteiger partial charge in [-0.3, -0.25) is 9.36 Å².